The number of rotatable bonds is 5. The molecule has 4 nitrogen and oxygen atoms in total. The van der Waals surface area contributed by atoms with Crippen LogP contribution in [0, 0.1) is 13.8 Å². The normalized spacial score (nSPS) is 15.6. The van der Waals surface area contributed by atoms with Crippen molar-refractivity contribution in [1.82, 2.24) is 10.3 Å². The molecule has 2 heterocycles. The Morgan fingerprint density at radius 3 is 2.61 bits per heavy atom. The standard InChI is InChI=1S/C27H28N2O2/c1-17-13-18(2)25-21-11-12-28-26(27(21)29-22(25)14-17)20-9-10-23(24(15-20)30-3)31-16-19-7-5-4-6-8-19/h4-10,13-15,26,28-29H,11-12,16H2,1-3H3. The number of aromatic nitrogens is 1. The van der Waals surface area contributed by atoms with Crippen LogP contribution < -0.4 is 14.8 Å². The van der Waals surface area contributed by atoms with Crippen LogP contribution in [0.1, 0.15) is 39.6 Å². The summed E-state index contributed by atoms with van der Waals surface area (Å²) in [7, 11) is 1.70. The number of H-pyrrole nitrogens is 1. The fraction of sp³-hybridized carbons (Fsp3) is 0.259. The Morgan fingerprint density at radius 1 is 0.968 bits per heavy atom. The molecule has 1 aliphatic heterocycles. The van der Waals surface area contributed by atoms with E-state index in [2.05, 4.69) is 60.5 Å². The van der Waals surface area contributed by atoms with E-state index in [1.54, 1.807) is 7.11 Å². The number of ether oxygens (including phenoxy) is 2. The van der Waals surface area contributed by atoms with Gasteiger partial charge in [-0.2, -0.15) is 0 Å². The molecule has 2 N–H and O–H groups in total. The highest BCUT2D eigenvalue weighted by Crippen LogP contribution is 2.38. The molecule has 0 amide bonds. The van der Waals surface area contributed by atoms with Crippen LogP contribution in [0.25, 0.3) is 10.9 Å². The van der Waals surface area contributed by atoms with Gasteiger partial charge < -0.3 is 19.8 Å². The summed E-state index contributed by atoms with van der Waals surface area (Å²) in [6, 6.07) is 21.1. The summed E-state index contributed by atoms with van der Waals surface area (Å²) < 4.78 is 11.7. The van der Waals surface area contributed by atoms with E-state index in [9.17, 15) is 0 Å². The lowest BCUT2D eigenvalue weighted by molar-refractivity contribution is 0.284. The van der Waals surface area contributed by atoms with E-state index in [1.807, 2.05) is 24.3 Å². The van der Waals surface area contributed by atoms with Crippen molar-refractivity contribution >= 4 is 10.9 Å². The molecule has 0 aliphatic carbocycles. The Hall–Kier alpha value is -3.24. The van der Waals surface area contributed by atoms with E-state index in [0.717, 1.165) is 30.0 Å². The molecule has 0 spiro atoms. The van der Waals surface area contributed by atoms with Gasteiger partial charge in [-0.1, -0.05) is 42.5 Å². The predicted octanol–water partition coefficient (Wildman–Crippen LogP) is 5.61. The van der Waals surface area contributed by atoms with Gasteiger partial charge in [0.05, 0.1) is 13.2 Å². The third-order valence-corrected chi connectivity index (χ3v) is 6.15. The topological polar surface area (TPSA) is 46.3 Å². The second kappa shape index (κ2) is 8.12. The lowest BCUT2D eigenvalue weighted by atomic mass is 9.92. The first-order valence-electron chi connectivity index (χ1n) is 10.8. The van der Waals surface area contributed by atoms with Gasteiger partial charge in [-0.15, -0.1) is 0 Å². The van der Waals surface area contributed by atoms with Gasteiger partial charge in [0, 0.05) is 23.1 Å². The van der Waals surface area contributed by atoms with Crippen LogP contribution in [-0.4, -0.2) is 18.6 Å². The minimum Gasteiger partial charge on any atom is -0.493 e. The fourth-order valence-electron chi connectivity index (χ4n) is 4.77. The van der Waals surface area contributed by atoms with Crippen LogP contribution >= 0.6 is 0 Å². The van der Waals surface area contributed by atoms with Crippen molar-refractivity contribution in [2.45, 2.75) is 32.9 Å². The zero-order chi connectivity index (χ0) is 21.4. The maximum Gasteiger partial charge on any atom is 0.161 e. The van der Waals surface area contributed by atoms with Gasteiger partial charge in [0.25, 0.3) is 0 Å². The maximum atomic E-state index is 6.05. The molecule has 1 unspecified atom stereocenters. The number of aryl methyl sites for hydroxylation is 2. The molecule has 0 saturated heterocycles. The molecular formula is C27H28N2O2. The Balaban J connectivity index is 1.48. The highest BCUT2D eigenvalue weighted by molar-refractivity contribution is 5.89. The number of fused-ring (bicyclic) bond motifs is 3. The lowest BCUT2D eigenvalue weighted by Crippen LogP contribution is -2.30. The third kappa shape index (κ3) is 3.68. The van der Waals surface area contributed by atoms with E-state index in [4.69, 9.17) is 9.47 Å². The molecule has 0 saturated carbocycles. The molecule has 31 heavy (non-hydrogen) atoms. The van der Waals surface area contributed by atoms with E-state index in [1.165, 1.54) is 38.9 Å². The molecular weight excluding hydrogens is 384 g/mol. The Kier molecular flexibility index (Phi) is 5.16. The van der Waals surface area contributed by atoms with Gasteiger partial charge in [0.1, 0.15) is 6.61 Å². The van der Waals surface area contributed by atoms with Crippen LogP contribution in [0.4, 0.5) is 0 Å². The summed E-state index contributed by atoms with van der Waals surface area (Å²) in [5.41, 5.74) is 8.85. The first-order valence-corrected chi connectivity index (χ1v) is 10.8. The van der Waals surface area contributed by atoms with Gasteiger partial charge in [-0.25, -0.2) is 0 Å². The molecule has 3 aromatic carbocycles. The first-order chi connectivity index (χ1) is 15.1. The number of aromatic amines is 1. The largest absolute Gasteiger partial charge is 0.493 e. The monoisotopic (exact) mass is 412 g/mol. The Morgan fingerprint density at radius 2 is 1.81 bits per heavy atom. The third-order valence-electron chi connectivity index (χ3n) is 6.15. The average molecular weight is 413 g/mol. The van der Waals surface area contributed by atoms with Crippen LogP contribution in [0.3, 0.4) is 0 Å². The summed E-state index contributed by atoms with van der Waals surface area (Å²) in [5.74, 6) is 1.51. The summed E-state index contributed by atoms with van der Waals surface area (Å²) in [6.45, 7) is 5.83. The predicted molar refractivity (Wildman–Crippen MR) is 125 cm³/mol. The van der Waals surface area contributed by atoms with E-state index < -0.39 is 0 Å². The van der Waals surface area contributed by atoms with Crippen LogP contribution in [-0.2, 0) is 13.0 Å². The van der Waals surface area contributed by atoms with E-state index in [0.29, 0.717) is 6.61 Å². The van der Waals surface area contributed by atoms with Gasteiger partial charge in [0.2, 0.25) is 0 Å². The van der Waals surface area contributed by atoms with Gasteiger partial charge in [-0.3, -0.25) is 0 Å². The minimum absolute atomic E-state index is 0.105. The smallest absolute Gasteiger partial charge is 0.161 e. The summed E-state index contributed by atoms with van der Waals surface area (Å²) in [6.07, 6.45) is 1.03. The Bertz CT molecular complexity index is 1230. The van der Waals surface area contributed by atoms with Crippen molar-refractivity contribution < 1.29 is 9.47 Å². The van der Waals surface area contributed by atoms with Crippen molar-refractivity contribution in [1.29, 1.82) is 0 Å². The first kappa shape index (κ1) is 19.7. The molecule has 4 heteroatoms. The second-order valence-electron chi connectivity index (χ2n) is 8.34. The van der Waals surface area contributed by atoms with E-state index >= 15 is 0 Å². The Labute approximate surface area is 183 Å². The summed E-state index contributed by atoms with van der Waals surface area (Å²) in [4.78, 5) is 3.71. The number of nitrogens with one attached hydrogen (secondary N) is 2. The van der Waals surface area contributed by atoms with Gasteiger partial charge >= 0.3 is 0 Å². The average Bonchev–Trinajstić information content (AvgIpc) is 3.17. The summed E-state index contributed by atoms with van der Waals surface area (Å²) >= 11 is 0. The van der Waals surface area contributed by atoms with Crippen LogP contribution in [0.5, 0.6) is 11.5 Å². The number of methoxy groups -OCH3 is 1. The van der Waals surface area contributed by atoms with Gasteiger partial charge in [0.15, 0.2) is 11.5 Å². The quantitative estimate of drug-likeness (QED) is 0.448. The molecule has 158 valence electrons. The molecule has 4 aromatic rings. The fourth-order valence-corrected chi connectivity index (χ4v) is 4.77. The molecule has 1 atom stereocenters. The summed E-state index contributed by atoms with van der Waals surface area (Å²) in [5, 5.41) is 5.06. The highest BCUT2D eigenvalue weighted by Gasteiger charge is 2.26. The zero-order valence-corrected chi connectivity index (χ0v) is 18.3. The molecule has 0 fully saturated rings. The number of benzene rings is 3. The lowest BCUT2D eigenvalue weighted by Gasteiger charge is -2.25. The van der Waals surface area contributed by atoms with Gasteiger partial charge in [-0.05, 0) is 66.3 Å². The minimum atomic E-state index is 0.105. The van der Waals surface area contributed by atoms with Crippen LogP contribution in [0.2, 0.25) is 0 Å². The number of hydrogen-bond donors (Lipinski definition) is 2. The van der Waals surface area contributed by atoms with Crippen molar-refractivity contribution in [3.63, 3.8) is 0 Å². The van der Waals surface area contributed by atoms with E-state index in [-0.39, 0.29) is 6.04 Å². The molecule has 1 aliphatic rings. The van der Waals surface area contributed by atoms with Crippen molar-refractivity contribution in [2.24, 2.45) is 0 Å². The zero-order valence-electron chi connectivity index (χ0n) is 18.3. The highest BCUT2D eigenvalue weighted by atomic mass is 16.5. The van der Waals surface area contributed by atoms with Crippen LogP contribution in [0.15, 0.2) is 60.7 Å². The molecule has 0 bridgehead atoms. The maximum absolute atomic E-state index is 6.05. The SMILES string of the molecule is COc1cc(C2NCCc3c2[nH]c2cc(C)cc(C)c32)ccc1OCc1ccccc1. The number of hydrogen-bond acceptors (Lipinski definition) is 3. The van der Waals surface area contributed by atoms with Crippen molar-refractivity contribution in [3.8, 4) is 11.5 Å². The van der Waals surface area contributed by atoms with Crippen molar-refractivity contribution in [3.05, 3.63) is 94.2 Å². The molecule has 5 rings (SSSR count). The van der Waals surface area contributed by atoms with Crippen molar-refractivity contribution in [2.75, 3.05) is 13.7 Å². The molecule has 0 radical (unpaired) electrons. The second-order valence-corrected chi connectivity index (χ2v) is 8.34. The molecule has 1 aromatic heterocycles.